The summed E-state index contributed by atoms with van der Waals surface area (Å²) in [4.78, 5) is 22.5. The topological polar surface area (TPSA) is 126 Å². The number of amidine groups is 1. The number of benzene rings is 1. The van der Waals surface area contributed by atoms with Gasteiger partial charge in [-0.1, -0.05) is 5.16 Å². The first-order chi connectivity index (χ1) is 14.6. The van der Waals surface area contributed by atoms with Crippen molar-refractivity contribution in [3.05, 3.63) is 53.4 Å². The number of nitrogens with zero attached hydrogens (tertiary/aromatic N) is 4. The van der Waals surface area contributed by atoms with E-state index in [-0.39, 0.29) is 24.5 Å². The molecule has 1 aliphatic heterocycles. The van der Waals surface area contributed by atoms with Gasteiger partial charge >= 0.3 is 6.09 Å². The fraction of sp³-hybridized carbons (Fsp3) is 0.400. The van der Waals surface area contributed by atoms with Crippen molar-refractivity contribution in [3.8, 4) is 0 Å². The zero-order chi connectivity index (χ0) is 22.8. The smallest absolute Gasteiger partial charge is 0.407 e. The number of hydrogen-bond acceptors (Lipinski definition) is 7. The number of carbonyl (C=O) groups is 1. The van der Waals surface area contributed by atoms with Gasteiger partial charge < -0.3 is 25.9 Å². The van der Waals surface area contributed by atoms with Crippen LogP contribution in [0, 0.1) is 11.6 Å². The molecule has 1 aromatic carbocycles. The predicted molar refractivity (Wildman–Crippen MR) is 109 cm³/mol. The van der Waals surface area contributed by atoms with E-state index < -0.39 is 35.3 Å². The van der Waals surface area contributed by atoms with Crippen molar-refractivity contribution >= 4 is 17.9 Å². The maximum absolute atomic E-state index is 14.5. The van der Waals surface area contributed by atoms with Crippen LogP contribution in [0.5, 0.6) is 0 Å². The number of nitrogens with two attached hydrogens (primary N) is 1. The minimum Gasteiger partial charge on any atom is -0.444 e. The van der Waals surface area contributed by atoms with Crippen molar-refractivity contribution in [1.29, 1.82) is 0 Å². The van der Waals surface area contributed by atoms with Crippen LogP contribution in [0.15, 0.2) is 35.7 Å². The number of ether oxygens (including phenoxy) is 1. The van der Waals surface area contributed by atoms with Gasteiger partial charge in [-0.3, -0.25) is 0 Å². The Kier molecular flexibility index (Phi) is 6.23. The van der Waals surface area contributed by atoms with Crippen LogP contribution in [0.4, 0.5) is 19.5 Å². The summed E-state index contributed by atoms with van der Waals surface area (Å²) in [7, 11) is 0. The Hall–Kier alpha value is -3.50. The molecule has 11 heteroatoms. The van der Waals surface area contributed by atoms with Gasteiger partial charge in [0, 0.05) is 31.4 Å². The highest BCUT2D eigenvalue weighted by Gasteiger charge is 2.38. The summed E-state index contributed by atoms with van der Waals surface area (Å²) in [6.45, 7) is 5.66. The fourth-order valence-corrected chi connectivity index (χ4v) is 3.36. The molecule has 3 rings (SSSR count). The number of anilines is 1. The van der Waals surface area contributed by atoms with Gasteiger partial charge in [-0.05, 0) is 44.5 Å². The van der Waals surface area contributed by atoms with E-state index in [1.807, 2.05) is 0 Å². The Balaban J connectivity index is 1.87. The molecule has 166 valence electrons. The highest BCUT2D eigenvalue weighted by atomic mass is 19.1. The molecule has 31 heavy (non-hydrogen) atoms. The Morgan fingerprint density at radius 1 is 1.29 bits per heavy atom. The number of alkyl carbamates (subject to hydrolysis) is 1. The van der Waals surface area contributed by atoms with Crippen molar-refractivity contribution in [2.24, 2.45) is 10.9 Å². The lowest BCUT2D eigenvalue weighted by atomic mass is 9.94. The molecule has 0 spiro atoms. The molecule has 2 atom stereocenters. The van der Waals surface area contributed by atoms with Crippen LogP contribution in [-0.4, -0.2) is 51.8 Å². The molecule has 1 amide bonds. The molecule has 4 N–H and O–H groups in total. The number of hydrogen-bond donors (Lipinski definition) is 3. The predicted octanol–water partition coefficient (Wildman–Crippen LogP) is 2.35. The molecule has 1 unspecified atom stereocenters. The zero-order valence-electron chi connectivity index (χ0n) is 17.3. The van der Waals surface area contributed by atoms with Crippen LogP contribution in [0.1, 0.15) is 37.8 Å². The van der Waals surface area contributed by atoms with Crippen molar-refractivity contribution in [3.63, 3.8) is 0 Å². The van der Waals surface area contributed by atoms with E-state index in [9.17, 15) is 13.6 Å². The monoisotopic (exact) mass is 434 g/mol. The molecular formula is C20H24F2N6O3. The summed E-state index contributed by atoms with van der Waals surface area (Å²) in [5, 5.41) is 14.4. The molecule has 2 aromatic rings. The average molecular weight is 434 g/mol. The molecule has 0 radical (unpaired) electrons. The van der Waals surface area contributed by atoms with E-state index in [1.165, 1.54) is 12.4 Å². The minimum absolute atomic E-state index is 0.136. The molecule has 0 aliphatic carbocycles. The second kappa shape index (κ2) is 8.70. The number of halogens is 2. The maximum Gasteiger partial charge on any atom is 0.407 e. The van der Waals surface area contributed by atoms with Crippen LogP contribution in [0.25, 0.3) is 0 Å². The Morgan fingerprint density at radius 3 is 2.58 bits per heavy atom. The first-order valence-corrected chi connectivity index (χ1v) is 9.56. The summed E-state index contributed by atoms with van der Waals surface area (Å²) < 4.78 is 33.6. The van der Waals surface area contributed by atoms with Gasteiger partial charge in [0.15, 0.2) is 5.84 Å². The lowest BCUT2D eigenvalue weighted by Gasteiger charge is -2.24. The molecular weight excluding hydrogens is 410 g/mol. The van der Waals surface area contributed by atoms with Crippen molar-refractivity contribution in [2.45, 2.75) is 38.3 Å². The number of aromatic nitrogens is 2. The van der Waals surface area contributed by atoms with Gasteiger partial charge in [-0.2, -0.15) is 0 Å². The lowest BCUT2D eigenvalue weighted by Crippen LogP contribution is -2.43. The third kappa shape index (κ3) is 5.36. The number of nitrogens with one attached hydrogen (secondary N) is 1. The summed E-state index contributed by atoms with van der Waals surface area (Å²) in [5.41, 5.74) is 5.27. The highest BCUT2D eigenvalue weighted by molar-refractivity contribution is 5.96. The highest BCUT2D eigenvalue weighted by Crippen LogP contribution is 2.32. The number of carbonyl (C=O) groups excluding carboxylic acids is 1. The molecule has 2 heterocycles. The second-order valence-corrected chi connectivity index (χ2v) is 8.19. The third-order valence-electron chi connectivity index (χ3n) is 4.70. The Bertz CT molecular complexity index is 978. The number of oxime groups is 1. The summed E-state index contributed by atoms with van der Waals surface area (Å²) in [6.07, 6.45) is 2.09. The van der Waals surface area contributed by atoms with Gasteiger partial charge in [-0.25, -0.2) is 23.5 Å². The maximum atomic E-state index is 14.5. The fourth-order valence-electron chi connectivity index (χ4n) is 3.36. The molecule has 0 bridgehead atoms. The van der Waals surface area contributed by atoms with Crippen LogP contribution in [0.2, 0.25) is 0 Å². The lowest BCUT2D eigenvalue weighted by molar-refractivity contribution is 0.0504. The van der Waals surface area contributed by atoms with E-state index in [0.717, 1.165) is 18.2 Å². The van der Waals surface area contributed by atoms with Crippen LogP contribution in [0.3, 0.4) is 0 Å². The normalized spacial score (nSPS) is 19.4. The molecule has 1 aliphatic rings. The van der Waals surface area contributed by atoms with E-state index >= 15 is 0 Å². The minimum atomic E-state index is -0.713. The van der Waals surface area contributed by atoms with Gasteiger partial charge in [0.25, 0.3) is 0 Å². The summed E-state index contributed by atoms with van der Waals surface area (Å²) in [5.74, 6) is -1.57. The first kappa shape index (κ1) is 22.2. The van der Waals surface area contributed by atoms with Crippen LogP contribution in [-0.2, 0) is 4.74 Å². The molecule has 1 saturated heterocycles. The summed E-state index contributed by atoms with van der Waals surface area (Å²) >= 11 is 0. The van der Waals surface area contributed by atoms with Crippen molar-refractivity contribution < 1.29 is 23.5 Å². The summed E-state index contributed by atoms with van der Waals surface area (Å²) in [6, 6.07) is 2.63. The number of amides is 1. The van der Waals surface area contributed by atoms with E-state index in [2.05, 4.69) is 20.4 Å². The number of rotatable bonds is 4. The van der Waals surface area contributed by atoms with Crippen LogP contribution >= 0.6 is 0 Å². The quantitative estimate of drug-likeness (QED) is 0.292. The standard InChI is InChI=1S/C20H24F2N6O3/c1-20(2,3)31-19(29)26-16-10-28(18-24-7-11(8-25-18)17(23)27-30)9-14(16)13-6-12(21)4-5-15(13)22/h4-8,14,16,30H,9-10H2,1-3H3,(H2,23,27)(H,26,29)/t14-,16?/m1/s1. The zero-order valence-corrected chi connectivity index (χ0v) is 17.3. The first-order valence-electron chi connectivity index (χ1n) is 9.56. The molecule has 1 aromatic heterocycles. The van der Waals surface area contributed by atoms with E-state index in [1.54, 1.807) is 25.7 Å². The van der Waals surface area contributed by atoms with Crippen molar-refractivity contribution in [2.75, 3.05) is 18.0 Å². The average Bonchev–Trinajstić information content (AvgIpc) is 3.11. The Labute approximate surface area is 177 Å². The van der Waals surface area contributed by atoms with Gasteiger partial charge in [0.2, 0.25) is 5.95 Å². The van der Waals surface area contributed by atoms with E-state index in [0.29, 0.717) is 11.5 Å². The Morgan fingerprint density at radius 2 is 1.97 bits per heavy atom. The van der Waals surface area contributed by atoms with E-state index in [4.69, 9.17) is 15.7 Å². The molecule has 9 nitrogen and oxygen atoms in total. The van der Waals surface area contributed by atoms with Crippen molar-refractivity contribution in [1.82, 2.24) is 15.3 Å². The largest absolute Gasteiger partial charge is 0.444 e. The molecule has 0 saturated carbocycles. The molecule has 1 fully saturated rings. The SMILES string of the molecule is CC(C)(C)OC(=O)NC1CN(c2ncc(C(N)=NO)cn2)C[C@@H]1c1cc(F)ccc1F. The van der Waals surface area contributed by atoms with Gasteiger partial charge in [0.05, 0.1) is 11.6 Å². The van der Waals surface area contributed by atoms with Gasteiger partial charge in [-0.15, -0.1) is 0 Å². The second-order valence-electron chi connectivity index (χ2n) is 8.19. The third-order valence-corrected chi connectivity index (χ3v) is 4.70. The van der Waals surface area contributed by atoms with Crippen LogP contribution < -0.4 is 16.0 Å². The van der Waals surface area contributed by atoms with Gasteiger partial charge in [0.1, 0.15) is 17.2 Å².